The molecule has 1 aliphatic carbocycles. The van der Waals surface area contributed by atoms with E-state index < -0.39 is 17.9 Å². The fourth-order valence-electron chi connectivity index (χ4n) is 3.97. The second-order valence-corrected chi connectivity index (χ2v) is 7.28. The Morgan fingerprint density at radius 1 is 0.900 bits per heavy atom. The molecule has 1 aromatic carbocycles. The zero-order chi connectivity index (χ0) is 21.8. The molecule has 160 valence electrons. The van der Waals surface area contributed by atoms with Gasteiger partial charge in [0.05, 0.1) is 43.6 Å². The lowest BCUT2D eigenvalue weighted by Crippen LogP contribution is -2.33. The maximum absolute atomic E-state index is 12.5. The molecule has 0 aromatic heterocycles. The van der Waals surface area contributed by atoms with Crippen molar-refractivity contribution in [3.63, 3.8) is 0 Å². The molecule has 0 unspecified atom stereocenters. The number of carbonyl (C=O) groups is 5. The van der Waals surface area contributed by atoms with Gasteiger partial charge in [-0.1, -0.05) is 12.8 Å². The van der Waals surface area contributed by atoms with E-state index in [1.165, 1.54) is 32.4 Å². The standard InChI is InChI=1S/C21H23NO8/c1-28-20(26)12-9-13(21(27)29-2)11-14(10-12)30-17(23)7-8-22-18(24)15-5-3-4-6-16(15)19(22)25/h9-11,15-16H,3-8H2,1-2H3/t15-,16+. The van der Waals surface area contributed by atoms with Gasteiger partial charge in [0.25, 0.3) is 0 Å². The number of benzene rings is 1. The van der Waals surface area contributed by atoms with Gasteiger partial charge < -0.3 is 14.2 Å². The Morgan fingerprint density at radius 2 is 1.40 bits per heavy atom. The number of likely N-dealkylation sites (tertiary alicyclic amines) is 1. The Bertz CT molecular complexity index is 835. The van der Waals surface area contributed by atoms with Crippen LogP contribution in [-0.2, 0) is 23.9 Å². The van der Waals surface area contributed by atoms with Crippen LogP contribution in [0, 0.1) is 11.8 Å². The molecule has 1 saturated heterocycles. The summed E-state index contributed by atoms with van der Waals surface area (Å²) in [6, 6.07) is 3.78. The van der Waals surface area contributed by atoms with Gasteiger partial charge in [0.1, 0.15) is 5.75 Å². The van der Waals surface area contributed by atoms with Crippen LogP contribution in [0.4, 0.5) is 0 Å². The third-order valence-corrected chi connectivity index (χ3v) is 5.45. The Kier molecular flexibility index (Phi) is 6.49. The topological polar surface area (TPSA) is 116 Å². The summed E-state index contributed by atoms with van der Waals surface area (Å²) in [5, 5.41) is 0. The number of nitrogens with zero attached hydrogens (tertiary/aromatic N) is 1. The number of methoxy groups -OCH3 is 2. The number of esters is 3. The van der Waals surface area contributed by atoms with Crippen molar-refractivity contribution >= 4 is 29.7 Å². The molecule has 2 aliphatic rings. The molecule has 1 aliphatic heterocycles. The van der Waals surface area contributed by atoms with Crippen molar-refractivity contribution < 1.29 is 38.2 Å². The van der Waals surface area contributed by atoms with Crippen LogP contribution in [0.3, 0.4) is 0 Å². The van der Waals surface area contributed by atoms with Crippen molar-refractivity contribution in [1.82, 2.24) is 4.90 Å². The van der Waals surface area contributed by atoms with Crippen LogP contribution in [0.25, 0.3) is 0 Å². The maximum atomic E-state index is 12.5. The van der Waals surface area contributed by atoms with E-state index in [2.05, 4.69) is 9.47 Å². The van der Waals surface area contributed by atoms with E-state index in [0.717, 1.165) is 17.7 Å². The largest absolute Gasteiger partial charge is 0.465 e. The Labute approximate surface area is 173 Å². The minimum Gasteiger partial charge on any atom is -0.465 e. The van der Waals surface area contributed by atoms with E-state index in [9.17, 15) is 24.0 Å². The summed E-state index contributed by atoms with van der Waals surface area (Å²) in [7, 11) is 2.36. The smallest absolute Gasteiger partial charge is 0.338 e. The summed E-state index contributed by atoms with van der Waals surface area (Å²) in [5.74, 6) is -3.18. The van der Waals surface area contributed by atoms with Crippen LogP contribution < -0.4 is 4.74 Å². The van der Waals surface area contributed by atoms with Gasteiger partial charge in [-0.3, -0.25) is 19.3 Å². The minimum absolute atomic E-state index is 0.0113. The lowest BCUT2D eigenvalue weighted by Gasteiger charge is -2.19. The predicted molar refractivity (Wildman–Crippen MR) is 102 cm³/mol. The molecule has 0 N–H and O–H groups in total. The van der Waals surface area contributed by atoms with Crippen LogP contribution in [0.1, 0.15) is 52.8 Å². The molecule has 3 rings (SSSR count). The molecule has 2 atom stereocenters. The monoisotopic (exact) mass is 417 g/mol. The quantitative estimate of drug-likeness (QED) is 0.390. The molecule has 9 heteroatoms. The maximum Gasteiger partial charge on any atom is 0.338 e. The summed E-state index contributed by atoms with van der Waals surface area (Å²) >= 11 is 0. The van der Waals surface area contributed by atoms with E-state index in [1.807, 2.05) is 0 Å². The summed E-state index contributed by atoms with van der Waals surface area (Å²) in [6.07, 6.45) is 3.05. The van der Waals surface area contributed by atoms with E-state index in [4.69, 9.17) is 4.74 Å². The first kappa shape index (κ1) is 21.5. The highest BCUT2D eigenvalue weighted by atomic mass is 16.5. The summed E-state index contributed by atoms with van der Waals surface area (Å²) in [6.45, 7) is -0.0654. The highest BCUT2D eigenvalue weighted by molar-refractivity contribution is 6.05. The van der Waals surface area contributed by atoms with Gasteiger partial charge in [-0.25, -0.2) is 9.59 Å². The molecule has 0 radical (unpaired) electrons. The third-order valence-electron chi connectivity index (χ3n) is 5.45. The highest BCUT2D eigenvalue weighted by Gasteiger charge is 2.47. The first-order valence-corrected chi connectivity index (χ1v) is 9.73. The molecule has 0 spiro atoms. The molecule has 0 bridgehead atoms. The third kappa shape index (κ3) is 4.34. The highest BCUT2D eigenvalue weighted by Crippen LogP contribution is 2.38. The summed E-state index contributed by atoms with van der Waals surface area (Å²) in [4.78, 5) is 62.0. The first-order valence-electron chi connectivity index (χ1n) is 9.73. The number of imide groups is 1. The van der Waals surface area contributed by atoms with Gasteiger partial charge in [-0.2, -0.15) is 0 Å². The fourth-order valence-corrected chi connectivity index (χ4v) is 3.97. The second kappa shape index (κ2) is 9.06. The minimum atomic E-state index is -0.714. The number of fused-ring (bicyclic) bond motifs is 1. The SMILES string of the molecule is COC(=O)c1cc(OC(=O)CCN2C(=O)[C@H]3CCCC[C@H]3C2=O)cc(C(=O)OC)c1. The van der Waals surface area contributed by atoms with Crippen LogP contribution in [-0.4, -0.2) is 55.4 Å². The summed E-state index contributed by atoms with van der Waals surface area (Å²) in [5.41, 5.74) is 0.0225. The van der Waals surface area contributed by atoms with Crippen LogP contribution in [0.5, 0.6) is 5.75 Å². The zero-order valence-corrected chi connectivity index (χ0v) is 16.8. The average molecular weight is 417 g/mol. The Morgan fingerprint density at radius 3 is 1.87 bits per heavy atom. The number of hydrogen-bond donors (Lipinski definition) is 0. The van der Waals surface area contributed by atoms with Gasteiger partial charge in [0.15, 0.2) is 0 Å². The molecule has 2 fully saturated rings. The Balaban J connectivity index is 1.67. The molecule has 2 amide bonds. The number of rotatable bonds is 6. The van der Waals surface area contributed by atoms with Crippen LogP contribution in [0.2, 0.25) is 0 Å². The van der Waals surface area contributed by atoms with Crippen molar-refractivity contribution in [3.05, 3.63) is 29.3 Å². The summed E-state index contributed by atoms with van der Waals surface area (Å²) < 4.78 is 14.5. The van der Waals surface area contributed by atoms with Crippen molar-refractivity contribution in [2.24, 2.45) is 11.8 Å². The molecule has 1 heterocycles. The van der Waals surface area contributed by atoms with Crippen LogP contribution >= 0.6 is 0 Å². The molecule has 9 nitrogen and oxygen atoms in total. The average Bonchev–Trinajstić information content (AvgIpc) is 3.00. The first-order chi connectivity index (χ1) is 14.3. The van der Waals surface area contributed by atoms with Gasteiger partial charge in [0.2, 0.25) is 11.8 Å². The van der Waals surface area contributed by atoms with Crippen molar-refractivity contribution in [2.45, 2.75) is 32.1 Å². The van der Waals surface area contributed by atoms with Gasteiger partial charge in [-0.15, -0.1) is 0 Å². The second-order valence-electron chi connectivity index (χ2n) is 7.28. The predicted octanol–water partition coefficient (Wildman–Crippen LogP) is 1.73. The Hall–Kier alpha value is -3.23. The fraction of sp³-hybridized carbons (Fsp3) is 0.476. The molecular formula is C21H23NO8. The van der Waals surface area contributed by atoms with E-state index in [0.29, 0.717) is 12.8 Å². The molecule has 1 saturated carbocycles. The van der Waals surface area contributed by atoms with Gasteiger partial charge >= 0.3 is 17.9 Å². The normalized spacial score (nSPS) is 20.5. The van der Waals surface area contributed by atoms with Crippen molar-refractivity contribution in [3.8, 4) is 5.75 Å². The van der Waals surface area contributed by atoms with E-state index in [1.54, 1.807) is 0 Å². The molecule has 30 heavy (non-hydrogen) atoms. The van der Waals surface area contributed by atoms with Crippen LogP contribution in [0.15, 0.2) is 18.2 Å². The zero-order valence-electron chi connectivity index (χ0n) is 16.8. The number of amides is 2. The van der Waals surface area contributed by atoms with E-state index in [-0.39, 0.29) is 53.5 Å². The van der Waals surface area contributed by atoms with Crippen molar-refractivity contribution in [1.29, 1.82) is 0 Å². The molecule has 1 aromatic rings. The lowest BCUT2D eigenvalue weighted by molar-refractivity contribution is -0.141. The van der Waals surface area contributed by atoms with Crippen molar-refractivity contribution in [2.75, 3.05) is 20.8 Å². The lowest BCUT2D eigenvalue weighted by atomic mass is 9.81. The molecular weight excluding hydrogens is 394 g/mol. The van der Waals surface area contributed by atoms with Gasteiger partial charge in [0, 0.05) is 6.54 Å². The van der Waals surface area contributed by atoms with E-state index >= 15 is 0 Å². The number of carbonyl (C=O) groups excluding carboxylic acids is 5. The van der Waals surface area contributed by atoms with Gasteiger partial charge in [-0.05, 0) is 31.0 Å². The number of hydrogen-bond acceptors (Lipinski definition) is 8. The number of ether oxygens (including phenoxy) is 3.